The van der Waals surface area contributed by atoms with E-state index >= 15 is 0 Å². The first-order chi connectivity index (χ1) is 9.70. The lowest BCUT2D eigenvalue weighted by molar-refractivity contribution is 0.147. The minimum Gasteiger partial charge on any atom is -0.382 e. The molecule has 0 amide bonds. The van der Waals surface area contributed by atoms with E-state index in [1.165, 1.54) is 0 Å². The van der Waals surface area contributed by atoms with Gasteiger partial charge >= 0.3 is 0 Å². The van der Waals surface area contributed by atoms with Crippen LogP contribution in [-0.2, 0) is 4.74 Å². The van der Waals surface area contributed by atoms with Gasteiger partial charge in [0.1, 0.15) is 0 Å². The molecular formula is C14H17Cl2N3O. The van der Waals surface area contributed by atoms with Crippen molar-refractivity contribution in [1.82, 2.24) is 9.55 Å². The quantitative estimate of drug-likeness (QED) is 0.785. The van der Waals surface area contributed by atoms with Gasteiger partial charge in [0.25, 0.3) is 0 Å². The Balaban J connectivity index is 2.04. The highest BCUT2D eigenvalue weighted by Gasteiger charge is 2.06. The zero-order valence-corrected chi connectivity index (χ0v) is 12.8. The molecule has 1 heterocycles. The van der Waals surface area contributed by atoms with Gasteiger partial charge in [-0.1, -0.05) is 23.2 Å². The Morgan fingerprint density at radius 2 is 2.00 bits per heavy atom. The van der Waals surface area contributed by atoms with E-state index < -0.39 is 0 Å². The van der Waals surface area contributed by atoms with Crippen molar-refractivity contribution < 1.29 is 4.74 Å². The van der Waals surface area contributed by atoms with Gasteiger partial charge in [-0.05, 0) is 31.5 Å². The fraction of sp³-hybridized carbons (Fsp3) is 0.357. The molecule has 0 aliphatic heterocycles. The SMILES string of the molecule is CCOCCCNc1nccn1-c1cc(Cl)cc(Cl)c1. The standard InChI is InChI=1S/C14H17Cl2N3O/c1-2-20-7-3-4-17-14-18-5-6-19(14)13-9-11(15)8-12(16)10-13/h5-6,8-10H,2-4,7H2,1H3,(H,17,18). The van der Waals surface area contributed by atoms with E-state index in [1.807, 2.05) is 29.8 Å². The van der Waals surface area contributed by atoms with Crippen molar-refractivity contribution in [2.45, 2.75) is 13.3 Å². The van der Waals surface area contributed by atoms with E-state index in [0.29, 0.717) is 10.0 Å². The van der Waals surface area contributed by atoms with Gasteiger partial charge < -0.3 is 10.1 Å². The topological polar surface area (TPSA) is 39.1 Å². The van der Waals surface area contributed by atoms with E-state index in [-0.39, 0.29) is 0 Å². The van der Waals surface area contributed by atoms with Crippen molar-refractivity contribution in [2.24, 2.45) is 0 Å². The summed E-state index contributed by atoms with van der Waals surface area (Å²) in [5.41, 5.74) is 0.882. The van der Waals surface area contributed by atoms with Gasteiger partial charge in [0.15, 0.2) is 0 Å². The van der Waals surface area contributed by atoms with Gasteiger partial charge in [-0.15, -0.1) is 0 Å². The molecule has 0 aliphatic rings. The van der Waals surface area contributed by atoms with Crippen LogP contribution in [0.5, 0.6) is 0 Å². The van der Waals surface area contributed by atoms with Crippen molar-refractivity contribution in [3.05, 3.63) is 40.6 Å². The largest absolute Gasteiger partial charge is 0.382 e. The van der Waals surface area contributed by atoms with Crippen molar-refractivity contribution in [3.8, 4) is 5.69 Å². The number of imidazole rings is 1. The average Bonchev–Trinajstić information content (AvgIpc) is 2.86. The highest BCUT2D eigenvalue weighted by atomic mass is 35.5. The Morgan fingerprint density at radius 3 is 2.70 bits per heavy atom. The van der Waals surface area contributed by atoms with E-state index in [2.05, 4.69) is 10.3 Å². The average molecular weight is 314 g/mol. The molecule has 4 nitrogen and oxygen atoms in total. The van der Waals surface area contributed by atoms with Gasteiger partial charge in [0.2, 0.25) is 5.95 Å². The van der Waals surface area contributed by atoms with Crippen LogP contribution in [0.25, 0.3) is 5.69 Å². The predicted molar refractivity (Wildman–Crippen MR) is 83.2 cm³/mol. The van der Waals surface area contributed by atoms with E-state index in [1.54, 1.807) is 12.3 Å². The molecule has 0 atom stereocenters. The fourth-order valence-electron chi connectivity index (χ4n) is 1.84. The first-order valence-electron chi connectivity index (χ1n) is 6.52. The van der Waals surface area contributed by atoms with Crippen molar-refractivity contribution >= 4 is 29.2 Å². The highest BCUT2D eigenvalue weighted by Crippen LogP contribution is 2.23. The van der Waals surface area contributed by atoms with Crippen LogP contribution in [0.3, 0.4) is 0 Å². The normalized spacial score (nSPS) is 10.8. The summed E-state index contributed by atoms with van der Waals surface area (Å²) in [6, 6.07) is 5.40. The molecule has 108 valence electrons. The molecule has 6 heteroatoms. The smallest absolute Gasteiger partial charge is 0.207 e. The predicted octanol–water partition coefficient (Wildman–Crippen LogP) is 4.02. The molecule has 0 radical (unpaired) electrons. The zero-order valence-electron chi connectivity index (χ0n) is 11.3. The maximum Gasteiger partial charge on any atom is 0.207 e. The number of nitrogens with zero attached hydrogens (tertiary/aromatic N) is 2. The molecule has 0 unspecified atom stereocenters. The summed E-state index contributed by atoms with van der Waals surface area (Å²) in [4.78, 5) is 4.29. The maximum atomic E-state index is 6.03. The fourth-order valence-corrected chi connectivity index (χ4v) is 2.35. The first-order valence-corrected chi connectivity index (χ1v) is 7.27. The van der Waals surface area contributed by atoms with Crippen molar-refractivity contribution in [3.63, 3.8) is 0 Å². The second-order valence-corrected chi connectivity index (χ2v) is 5.10. The molecule has 1 aromatic heterocycles. The third kappa shape index (κ3) is 4.13. The highest BCUT2D eigenvalue weighted by molar-refractivity contribution is 6.34. The first kappa shape index (κ1) is 15.2. The van der Waals surface area contributed by atoms with Crippen LogP contribution in [-0.4, -0.2) is 29.3 Å². The summed E-state index contributed by atoms with van der Waals surface area (Å²) >= 11 is 12.1. The van der Waals surface area contributed by atoms with Crippen LogP contribution in [0.1, 0.15) is 13.3 Å². The summed E-state index contributed by atoms with van der Waals surface area (Å²) in [6.45, 7) is 4.27. The van der Waals surface area contributed by atoms with Gasteiger partial charge in [-0.3, -0.25) is 4.57 Å². The molecule has 2 aromatic rings. The minimum absolute atomic E-state index is 0.600. The number of ether oxygens (including phenoxy) is 1. The summed E-state index contributed by atoms with van der Waals surface area (Å²) in [6.07, 6.45) is 4.53. The summed E-state index contributed by atoms with van der Waals surface area (Å²) in [5, 5.41) is 4.48. The summed E-state index contributed by atoms with van der Waals surface area (Å²) in [7, 11) is 0. The second-order valence-electron chi connectivity index (χ2n) is 4.23. The molecule has 0 saturated carbocycles. The van der Waals surface area contributed by atoms with Crippen LogP contribution in [0.4, 0.5) is 5.95 Å². The number of benzene rings is 1. The number of anilines is 1. The van der Waals surface area contributed by atoms with E-state index in [0.717, 1.165) is 37.8 Å². The number of rotatable bonds is 7. The Bertz CT molecular complexity index is 537. The number of aromatic nitrogens is 2. The van der Waals surface area contributed by atoms with Crippen LogP contribution in [0, 0.1) is 0 Å². The van der Waals surface area contributed by atoms with Gasteiger partial charge in [0, 0.05) is 42.2 Å². The minimum atomic E-state index is 0.600. The molecule has 20 heavy (non-hydrogen) atoms. The van der Waals surface area contributed by atoms with Crippen LogP contribution >= 0.6 is 23.2 Å². The van der Waals surface area contributed by atoms with Gasteiger partial charge in [-0.25, -0.2) is 4.98 Å². The molecule has 0 aliphatic carbocycles. The Labute approximate surface area is 128 Å². The van der Waals surface area contributed by atoms with Crippen LogP contribution < -0.4 is 5.32 Å². The van der Waals surface area contributed by atoms with Crippen molar-refractivity contribution in [1.29, 1.82) is 0 Å². The lowest BCUT2D eigenvalue weighted by atomic mass is 10.3. The van der Waals surface area contributed by atoms with E-state index in [4.69, 9.17) is 27.9 Å². The van der Waals surface area contributed by atoms with Crippen LogP contribution in [0.15, 0.2) is 30.6 Å². The summed E-state index contributed by atoms with van der Waals surface area (Å²) < 4.78 is 7.21. The monoisotopic (exact) mass is 313 g/mol. The third-order valence-electron chi connectivity index (χ3n) is 2.72. The number of hydrogen-bond acceptors (Lipinski definition) is 3. The maximum absolute atomic E-state index is 6.03. The third-order valence-corrected chi connectivity index (χ3v) is 3.16. The van der Waals surface area contributed by atoms with E-state index in [9.17, 15) is 0 Å². The molecular weight excluding hydrogens is 297 g/mol. The Kier molecular flexibility index (Phi) is 5.71. The zero-order chi connectivity index (χ0) is 14.4. The summed E-state index contributed by atoms with van der Waals surface area (Å²) in [5.74, 6) is 0.764. The molecule has 1 N–H and O–H groups in total. The Hall–Kier alpha value is -1.23. The number of halogens is 2. The number of nitrogens with one attached hydrogen (secondary N) is 1. The van der Waals surface area contributed by atoms with Gasteiger partial charge in [-0.2, -0.15) is 0 Å². The second kappa shape index (κ2) is 7.53. The molecule has 2 rings (SSSR count). The molecule has 0 bridgehead atoms. The van der Waals surface area contributed by atoms with Crippen molar-refractivity contribution in [2.75, 3.05) is 25.1 Å². The number of hydrogen-bond donors (Lipinski definition) is 1. The van der Waals surface area contributed by atoms with Crippen LogP contribution in [0.2, 0.25) is 10.0 Å². The Morgan fingerprint density at radius 1 is 1.25 bits per heavy atom. The molecule has 0 fully saturated rings. The molecule has 0 saturated heterocycles. The lowest BCUT2D eigenvalue weighted by Gasteiger charge is -2.10. The molecule has 0 spiro atoms. The molecule has 1 aromatic carbocycles. The lowest BCUT2D eigenvalue weighted by Crippen LogP contribution is -2.09. The van der Waals surface area contributed by atoms with Gasteiger partial charge in [0.05, 0.1) is 5.69 Å².